The molecular weight excluding hydrogens is 443 g/mol. The fourth-order valence-electron chi connectivity index (χ4n) is 4.28. The number of hydrogen-bond donors (Lipinski definition) is 4. The van der Waals surface area contributed by atoms with Gasteiger partial charge in [-0.15, -0.1) is 0 Å². The monoisotopic (exact) mass is 467 g/mol. The number of aliphatic hydroxyl groups excluding tert-OH is 4. The molecular formula is C23H24F3NO6. The van der Waals surface area contributed by atoms with Crippen molar-refractivity contribution in [1.82, 2.24) is 4.57 Å². The second kappa shape index (κ2) is 9.32. The third-order valence-electron chi connectivity index (χ3n) is 5.91. The minimum atomic E-state index is -2.94. The van der Waals surface area contributed by atoms with Crippen molar-refractivity contribution in [2.45, 2.75) is 50.6 Å². The van der Waals surface area contributed by atoms with Crippen LogP contribution in [0.1, 0.15) is 22.8 Å². The van der Waals surface area contributed by atoms with Crippen LogP contribution in [0.25, 0.3) is 10.9 Å². The number of fused-ring (bicyclic) bond motifs is 1. The maximum absolute atomic E-state index is 14.9. The molecule has 0 radical (unpaired) electrons. The highest BCUT2D eigenvalue weighted by molar-refractivity contribution is 5.88. The lowest BCUT2D eigenvalue weighted by molar-refractivity contribution is -0.231. The third kappa shape index (κ3) is 4.44. The molecule has 1 aliphatic rings. The predicted octanol–water partition coefficient (Wildman–Crippen LogP) is 2.25. The Morgan fingerprint density at radius 1 is 1.03 bits per heavy atom. The summed E-state index contributed by atoms with van der Waals surface area (Å²) < 4.78 is 51.4. The summed E-state index contributed by atoms with van der Waals surface area (Å²) in [4.78, 5) is 0. The number of benzene rings is 2. The Kier molecular flexibility index (Phi) is 6.64. The van der Waals surface area contributed by atoms with Gasteiger partial charge >= 0.3 is 6.61 Å². The number of rotatable bonds is 6. The standard InChI is InChI=1S/C23H24F3NO6/c1-11-2-7-15(24)18-17(11)14(22-21(31)20(30)19(29)16(10-28)33-22)9-27(18)8-12-3-5-13(6-4-12)32-23(25)26/h2-7,9,16,19-23,28-31H,8,10H2,1H3/t16-,19-,20+,21-,22+/m1/s1. The lowest BCUT2D eigenvalue weighted by Gasteiger charge is -2.40. The zero-order valence-electron chi connectivity index (χ0n) is 17.6. The molecule has 0 saturated carbocycles. The van der Waals surface area contributed by atoms with E-state index >= 15 is 0 Å². The van der Waals surface area contributed by atoms with Crippen molar-refractivity contribution in [3.05, 3.63) is 65.1 Å². The van der Waals surface area contributed by atoms with Crippen LogP contribution in [0.15, 0.2) is 42.6 Å². The Morgan fingerprint density at radius 2 is 1.73 bits per heavy atom. The first kappa shape index (κ1) is 23.5. The largest absolute Gasteiger partial charge is 0.435 e. The van der Waals surface area contributed by atoms with Crippen LogP contribution in [0.4, 0.5) is 13.2 Å². The molecule has 1 aliphatic heterocycles. The average molecular weight is 467 g/mol. The van der Waals surface area contributed by atoms with Gasteiger partial charge in [-0.1, -0.05) is 18.2 Å². The summed E-state index contributed by atoms with van der Waals surface area (Å²) in [5, 5.41) is 40.9. The summed E-state index contributed by atoms with van der Waals surface area (Å²) in [6, 6.07) is 8.80. The van der Waals surface area contributed by atoms with E-state index in [2.05, 4.69) is 4.74 Å². The van der Waals surface area contributed by atoms with Crippen LogP contribution in [-0.4, -0.2) is 62.6 Å². The van der Waals surface area contributed by atoms with E-state index in [1.54, 1.807) is 35.9 Å². The van der Waals surface area contributed by atoms with Gasteiger partial charge in [-0.05, 0) is 36.2 Å². The molecule has 1 fully saturated rings. The van der Waals surface area contributed by atoms with Crippen LogP contribution >= 0.6 is 0 Å². The Labute approximate surface area is 187 Å². The van der Waals surface area contributed by atoms with E-state index in [1.165, 1.54) is 18.2 Å². The molecule has 0 spiro atoms. The maximum atomic E-state index is 14.9. The van der Waals surface area contributed by atoms with Crippen LogP contribution in [0.2, 0.25) is 0 Å². The highest BCUT2D eigenvalue weighted by Gasteiger charge is 2.45. The molecule has 4 rings (SSSR count). The number of aromatic nitrogens is 1. The summed E-state index contributed by atoms with van der Waals surface area (Å²) in [6.07, 6.45) is -5.27. The van der Waals surface area contributed by atoms with Crippen molar-refractivity contribution in [2.24, 2.45) is 0 Å². The smallest absolute Gasteiger partial charge is 0.387 e. The van der Waals surface area contributed by atoms with Crippen molar-refractivity contribution in [2.75, 3.05) is 6.61 Å². The van der Waals surface area contributed by atoms with Crippen LogP contribution in [0.5, 0.6) is 5.75 Å². The fraction of sp³-hybridized carbons (Fsp3) is 0.391. The lowest BCUT2D eigenvalue weighted by Crippen LogP contribution is -2.55. The van der Waals surface area contributed by atoms with E-state index in [-0.39, 0.29) is 17.8 Å². The van der Waals surface area contributed by atoms with Gasteiger partial charge in [0.15, 0.2) is 0 Å². The molecule has 2 heterocycles. The van der Waals surface area contributed by atoms with E-state index in [9.17, 15) is 33.6 Å². The van der Waals surface area contributed by atoms with E-state index in [0.717, 1.165) is 0 Å². The first-order chi connectivity index (χ1) is 15.7. The first-order valence-corrected chi connectivity index (χ1v) is 10.3. The molecule has 0 amide bonds. The number of alkyl halides is 2. The molecule has 0 bridgehead atoms. The van der Waals surface area contributed by atoms with Crippen LogP contribution in [0, 0.1) is 12.7 Å². The Morgan fingerprint density at radius 3 is 2.36 bits per heavy atom. The predicted molar refractivity (Wildman–Crippen MR) is 112 cm³/mol. The van der Waals surface area contributed by atoms with Gasteiger partial charge in [0.1, 0.15) is 42.1 Å². The van der Waals surface area contributed by atoms with Gasteiger partial charge in [-0.2, -0.15) is 8.78 Å². The summed E-state index contributed by atoms with van der Waals surface area (Å²) >= 11 is 0. The van der Waals surface area contributed by atoms with Crippen molar-refractivity contribution < 1.29 is 43.1 Å². The van der Waals surface area contributed by atoms with Gasteiger partial charge in [0.2, 0.25) is 0 Å². The summed E-state index contributed by atoms with van der Waals surface area (Å²) in [7, 11) is 0. The Hall–Kier alpha value is -2.63. The zero-order chi connectivity index (χ0) is 23.9. The maximum Gasteiger partial charge on any atom is 0.387 e. The first-order valence-electron chi connectivity index (χ1n) is 10.3. The van der Waals surface area contributed by atoms with Gasteiger partial charge < -0.3 is 34.5 Å². The minimum Gasteiger partial charge on any atom is -0.435 e. The summed E-state index contributed by atoms with van der Waals surface area (Å²) in [5.41, 5.74) is 1.99. The van der Waals surface area contributed by atoms with Crippen LogP contribution in [0.3, 0.4) is 0 Å². The second-order valence-electron chi connectivity index (χ2n) is 8.07. The molecule has 7 nitrogen and oxygen atoms in total. The van der Waals surface area contributed by atoms with Gasteiger partial charge in [0.25, 0.3) is 0 Å². The van der Waals surface area contributed by atoms with Crippen molar-refractivity contribution in [3.63, 3.8) is 0 Å². The highest BCUT2D eigenvalue weighted by atomic mass is 19.3. The minimum absolute atomic E-state index is 0.00449. The van der Waals surface area contributed by atoms with E-state index in [0.29, 0.717) is 22.1 Å². The molecule has 2 aromatic carbocycles. The highest BCUT2D eigenvalue weighted by Crippen LogP contribution is 2.39. The quantitative estimate of drug-likeness (QED) is 0.444. The normalized spacial score (nSPS) is 25.7. The number of aliphatic hydroxyl groups is 4. The Bertz CT molecular complexity index is 1120. The SMILES string of the molecule is Cc1ccc(F)c2c1c([C@@H]1O[C@H](CO)[C@@H](O)[C@H](O)[C@H]1O)cn2Cc1ccc(OC(F)F)cc1. The molecule has 4 N–H and O–H groups in total. The average Bonchev–Trinajstić information content (AvgIpc) is 3.16. The molecule has 178 valence electrons. The zero-order valence-corrected chi connectivity index (χ0v) is 17.6. The third-order valence-corrected chi connectivity index (χ3v) is 5.91. The molecule has 0 aliphatic carbocycles. The Balaban J connectivity index is 1.76. The van der Waals surface area contributed by atoms with Crippen molar-refractivity contribution in [3.8, 4) is 5.75 Å². The molecule has 3 aromatic rings. The van der Waals surface area contributed by atoms with Gasteiger partial charge in [-0.3, -0.25) is 0 Å². The van der Waals surface area contributed by atoms with Gasteiger partial charge in [-0.25, -0.2) is 4.39 Å². The summed E-state index contributed by atoms with van der Waals surface area (Å²) in [6.45, 7) is -1.60. The number of hydrogen-bond acceptors (Lipinski definition) is 6. The number of nitrogens with zero attached hydrogens (tertiary/aromatic N) is 1. The molecule has 0 unspecified atom stereocenters. The molecule has 5 atom stereocenters. The molecule has 10 heteroatoms. The number of ether oxygens (including phenoxy) is 2. The second-order valence-corrected chi connectivity index (χ2v) is 8.07. The van der Waals surface area contributed by atoms with E-state index in [1.807, 2.05) is 0 Å². The van der Waals surface area contributed by atoms with Crippen LogP contribution < -0.4 is 4.74 Å². The molecule has 1 saturated heterocycles. The van der Waals surface area contributed by atoms with E-state index in [4.69, 9.17) is 4.74 Å². The molecule has 33 heavy (non-hydrogen) atoms. The number of aryl methyl sites for hydroxylation is 1. The summed E-state index contributed by atoms with van der Waals surface area (Å²) in [5.74, 6) is -0.528. The van der Waals surface area contributed by atoms with Gasteiger partial charge in [0, 0.05) is 23.7 Å². The van der Waals surface area contributed by atoms with Gasteiger partial charge in [0.05, 0.1) is 12.1 Å². The van der Waals surface area contributed by atoms with Crippen LogP contribution in [-0.2, 0) is 11.3 Å². The van der Waals surface area contributed by atoms with Crippen molar-refractivity contribution >= 4 is 10.9 Å². The lowest BCUT2D eigenvalue weighted by atomic mass is 9.90. The number of halogens is 3. The molecule has 1 aromatic heterocycles. The van der Waals surface area contributed by atoms with Crippen molar-refractivity contribution in [1.29, 1.82) is 0 Å². The van der Waals surface area contributed by atoms with E-state index < -0.39 is 49.6 Å². The topological polar surface area (TPSA) is 104 Å². The fourth-order valence-corrected chi connectivity index (χ4v) is 4.28.